The highest BCUT2D eigenvalue weighted by Crippen LogP contribution is 2.30. The van der Waals surface area contributed by atoms with E-state index in [2.05, 4.69) is 54.4 Å². The second-order valence-corrected chi connectivity index (χ2v) is 5.72. The van der Waals surface area contributed by atoms with Gasteiger partial charge in [-0.2, -0.15) is 5.10 Å². The van der Waals surface area contributed by atoms with Crippen molar-refractivity contribution in [2.24, 2.45) is 0 Å². The molecule has 9 nitrogen and oxygen atoms in total. The Morgan fingerprint density at radius 2 is 2.18 bits per heavy atom. The first-order valence-corrected chi connectivity index (χ1v) is 7.15. The maximum absolute atomic E-state index is 4.46. The van der Waals surface area contributed by atoms with Gasteiger partial charge in [0.2, 0.25) is 0 Å². The van der Waals surface area contributed by atoms with Crippen LogP contribution in [-0.2, 0) is 0 Å². The molecule has 2 atom stereocenters. The van der Waals surface area contributed by atoms with Crippen LogP contribution < -0.4 is 4.90 Å². The quantitative estimate of drug-likeness (QED) is 0.724. The van der Waals surface area contributed by atoms with Crippen molar-refractivity contribution in [3.63, 3.8) is 0 Å². The summed E-state index contributed by atoms with van der Waals surface area (Å²) in [6.45, 7) is 1.69. The molecule has 3 aromatic rings. The number of fused-ring (bicyclic) bond motifs is 1. The molecule has 4 heterocycles. The molecule has 1 aliphatic heterocycles. The molecule has 114 valence electrons. The fourth-order valence-corrected chi connectivity index (χ4v) is 3.11. The van der Waals surface area contributed by atoms with Crippen LogP contribution in [0.25, 0.3) is 11.0 Å². The Kier molecular flexibility index (Phi) is 3.00. The third-order valence-electron chi connectivity index (χ3n) is 4.23. The number of aromatic nitrogens is 7. The average molecular weight is 299 g/mol. The number of nitrogens with zero attached hydrogens (tertiary/aromatic N) is 8. The molecule has 1 aliphatic rings. The number of rotatable bonds is 3. The van der Waals surface area contributed by atoms with Gasteiger partial charge in [0.15, 0.2) is 5.65 Å². The van der Waals surface area contributed by atoms with Crippen LogP contribution in [0.15, 0.2) is 24.9 Å². The Hall–Kier alpha value is -2.55. The Balaban J connectivity index is 1.71. The number of anilines is 1. The van der Waals surface area contributed by atoms with E-state index in [1.54, 1.807) is 18.7 Å². The van der Waals surface area contributed by atoms with Crippen molar-refractivity contribution in [2.45, 2.75) is 12.1 Å². The molecule has 1 saturated heterocycles. The highest BCUT2D eigenvalue weighted by atomic mass is 15.5. The highest BCUT2D eigenvalue weighted by molar-refractivity contribution is 5.86. The monoisotopic (exact) mass is 299 g/mol. The molecule has 9 heteroatoms. The first kappa shape index (κ1) is 13.1. The van der Waals surface area contributed by atoms with Gasteiger partial charge in [-0.25, -0.2) is 14.6 Å². The van der Waals surface area contributed by atoms with Crippen molar-refractivity contribution in [3.8, 4) is 0 Å². The van der Waals surface area contributed by atoms with E-state index >= 15 is 0 Å². The second-order valence-electron chi connectivity index (χ2n) is 5.72. The molecular formula is C13H17N9. The lowest BCUT2D eigenvalue weighted by atomic mass is 10.1. The summed E-state index contributed by atoms with van der Waals surface area (Å²) in [4.78, 5) is 13.1. The number of nitrogens with one attached hydrogen (secondary N) is 1. The molecule has 0 amide bonds. The minimum absolute atomic E-state index is 0.231. The molecule has 1 fully saturated rings. The van der Waals surface area contributed by atoms with Crippen LogP contribution in [0, 0.1) is 0 Å². The predicted octanol–water partition coefficient (Wildman–Crippen LogP) is -0.0641. The number of aromatic amines is 1. The minimum Gasteiger partial charge on any atom is -0.352 e. The summed E-state index contributed by atoms with van der Waals surface area (Å²) < 4.78 is 1.93. The largest absolute Gasteiger partial charge is 0.352 e. The van der Waals surface area contributed by atoms with Crippen molar-refractivity contribution < 1.29 is 0 Å². The molecule has 3 aromatic heterocycles. The molecule has 0 bridgehead atoms. The molecule has 0 spiro atoms. The van der Waals surface area contributed by atoms with Gasteiger partial charge in [-0.3, -0.25) is 5.10 Å². The second kappa shape index (κ2) is 5.02. The molecule has 0 unspecified atom stereocenters. The van der Waals surface area contributed by atoms with E-state index in [0.29, 0.717) is 6.04 Å². The third kappa shape index (κ3) is 2.01. The van der Waals surface area contributed by atoms with E-state index in [1.807, 2.05) is 10.9 Å². The summed E-state index contributed by atoms with van der Waals surface area (Å²) in [5, 5.41) is 16.0. The summed E-state index contributed by atoms with van der Waals surface area (Å²) in [7, 11) is 4.18. The Bertz CT molecular complexity index is 763. The van der Waals surface area contributed by atoms with E-state index in [4.69, 9.17) is 0 Å². The standard InChI is InChI=1S/C13H17N9/c1-20(2)10-6-21(7-11(10)22-4-3-16-19-22)13-9-5-17-18-12(9)14-8-15-13/h3-5,8,10-11H,6-7H2,1-2H3,(H,14,15,17,18)/t10-,11+/m1/s1. The maximum Gasteiger partial charge on any atom is 0.160 e. The van der Waals surface area contributed by atoms with Gasteiger partial charge in [-0.1, -0.05) is 5.21 Å². The van der Waals surface area contributed by atoms with Gasteiger partial charge in [-0.15, -0.1) is 5.10 Å². The van der Waals surface area contributed by atoms with Crippen molar-refractivity contribution in [3.05, 3.63) is 24.9 Å². The van der Waals surface area contributed by atoms with E-state index in [9.17, 15) is 0 Å². The van der Waals surface area contributed by atoms with Crippen LogP contribution in [0.3, 0.4) is 0 Å². The van der Waals surface area contributed by atoms with Gasteiger partial charge in [-0.05, 0) is 14.1 Å². The Morgan fingerprint density at radius 3 is 2.95 bits per heavy atom. The summed E-state index contributed by atoms with van der Waals surface area (Å²) in [6.07, 6.45) is 6.98. The number of hydrogen-bond donors (Lipinski definition) is 1. The van der Waals surface area contributed by atoms with Crippen molar-refractivity contribution >= 4 is 16.9 Å². The molecule has 0 radical (unpaired) electrons. The lowest BCUT2D eigenvalue weighted by Crippen LogP contribution is -2.36. The lowest BCUT2D eigenvalue weighted by molar-refractivity contribution is 0.243. The molecule has 0 aliphatic carbocycles. The molecular weight excluding hydrogens is 282 g/mol. The van der Waals surface area contributed by atoms with Gasteiger partial charge < -0.3 is 9.80 Å². The summed E-state index contributed by atoms with van der Waals surface area (Å²) in [6, 6.07) is 0.563. The zero-order valence-electron chi connectivity index (χ0n) is 12.5. The van der Waals surface area contributed by atoms with Gasteiger partial charge in [0.1, 0.15) is 12.1 Å². The minimum atomic E-state index is 0.231. The first-order valence-electron chi connectivity index (χ1n) is 7.15. The van der Waals surface area contributed by atoms with Gasteiger partial charge >= 0.3 is 0 Å². The van der Waals surface area contributed by atoms with E-state index < -0.39 is 0 Å². The smallest absolute Gasteiger partial charge is 0.160 e. The van der Waals surface area contributed by atoms with Crippen LogP contribution >= 0.6 is 0 Å². The Morgan fingerprint density at radius 1 is 1.27 bits per heavy atom. The SMILES string of the molecule is CN(C)[C@@H]1CN(c2ncnc3[nH]ncc23)C[C@@H]1n1ccnn1. The predicted molar refractivity (Wildman–Crippen MR) is 80.4 cm³/mol. The van der Waals surface area contributed by atoms with Gasteiger partial charge in [0.25, 0.3) is 0 Å². The van der Waals surface area contributed by atoms with E-state index in [1.165, 1.54) is 0 Å². The Labute approximate surface area is 127 Å². The molecule has 1 N–H and O–H groups in total. The zero-order valence-corrected chi connectivity index (χ0v) is 12.5. The van der Waals surface area contributed by atoms with Crippen molar-refractivity contribution in [2.75, 3.05) is 32.1 Å². The lowest BCUT2D eigenvalue weighted by Gasteiger charge is -2.24. The number of likely N-dealkylation sites (N-methyl/N-ethyl adjacent to an activating group) is 1. The van der Waals surface area contributed by atoms with Crippen molar-refractivity contribution in [1.29, 1.82) is 0 Å². The van der Waals surface area contributed by atoms with Gasteiger partial charge in [0, 0.05) is 19.3 Å². The van der Waals surface area contributed by atoms with E-state index in [0.717, 1.165) is 29.9 Å². The molecule has 22 heavy (non-hydrogen) atoms. The maximum atomic E-state index is 4.46. The normalized spacial score (nSPS) is 22.0. The molecule has 0 aromatic carbocycles. The molecule has 4 rings (SSSR count). The van der Waals surface area contributed by atoms with Gasteiger partial charge in [0.05, 0.1) is 29.9 Å². The zero-order chi connectivity index (χ0) is 15.1. The van der Waals surface area contributed by atoms with Crippen LogP contribution in [0.1, 0.15) is 6.04 Å². The highest BCUT2D eigenvalue weighted by Gasteiger charge is 2.37. The third-order valence-corrected chi connectivity index (χ3v) is 4.23. The average Bonchev–Trinajstić information content (AvgIpc) is 3.25. The summed E-state index contributed by atoms with van der Waals surface area (Å²) in [5.74, 6) is 0.910. The van der Waals surface area contributed by atoms with Crippen LogP contribution in [-0.4, -0.2) is 73.3 Å². The first-order chi connectivity index (χ1) is 10.7. The molecule has 0 saturated carbocycles. The van der Waals surface area contributed by atoms with Crippen molar-refractivity contribution in [1.82, 2.24) is 40.1 Å². The topological polar surface area (TPSA) is 91.7 Å². The fraction of sp³-hybridized carbons (Fsp3) is 0.462. The number of H-pyrrole nitrogens is 1. The van der Waals surface area contributed by atoms with Crippen LogP contribution in [0.5, 0.6) is 0 Å². The van der Waals surface area contributed by atoms with Crippen LogP contribution in [0.4, 0.5) is 5.82 Å². The number of hydrogen-bond acceptors (Lipinski definition) is 7. The van der Waals surface area contributed by atoms with Crippen LogP contribution in [0.2, 0.25) is 0 Å². The van der Waals surface area contributed by atoms with E-state index in [-0.39, 0.29) is 6.04 Å². The fourth-order valence-electron chi connectivity index (χ4n) is 3.11. The summed E-state index contributed by atoms with van der Waals surface area (Å²) >= 11 is 0. The summed E-state index contributed by atoms with van der Waals surface area (Å²) in [5.41, 5.74) is 0.760.